The second-order valence-electron chi connectivity index (χ2n) is 6.77. The van der Waals surface area contributed by atoms with Crippen molar-refractivity contribution in [3.8, 4) is 28.7 Å². The molecule has 0 unspecified atom stereocenters. The number of hydrogen-bond acceptors (Lipinski definition) is 4. The van der Waals surface area contributed by atoms with Crippen LogP contribution >= 0.6 is 0 Å². The molecule has 3 rings (SSSR count). The molecular formula is C25H23NO4. The zero-order valence-corrected chi connectivity index (χ0v) is 16.6. The number of nitriles is 1. The van der Waals surface area contributed by atoms with Crippen LogP contribution in [0.25, 0.3) is 11.1 Å². The third-order valence-electron chi connectivity index (χ3n) is 4.60. The van der Waals surface area contributed by atoms with Crippen molar-refractivity contribution in [1.29, 1.82) is 5.26 Å². The molecule has 3 aromatic carbocycles. The van der Waals surface area contributed by atoms with E-state index in [1.807, 2.05) is 42.5 Å². The molecule has 1 N–H and O–H groups in total. The van der Waals surface area contributed by atoms with E-state index in [1.165, 1.54) is 5.56 Å². The molecule has 5 heteroatoms. The highest BCUT2D eigenvalue weighted by molar-refractivity contribution is 5.67. The van der Waals surface area contributed by atoms with E-state index in [-0.39, 0.29) is 6.42 Å². The molecule has 0 saturated carbocycles. The molecular weight excluding hydrogens is 378 g/mol. The van der Waals surface area contributed by atoms with E-state index in [9.17, 15) is 10.1 Å². The van der Waals surface area contributed by atoms with Crippen molar-refractivity contribution in [3.05, 3.63) is 83.9 Å². The summed E-state index contributed by atoms with van der Waals surface area (Å²) in [6.07, 6.45) is 1.02. The van der Waals surface area contributed by atoms with Crippen molar-refractivity contribution < 1.29 is 19.4 Å². The summed E-state index contributed by atoms with van der Waals surface area (Å²) >= 11 is 0. The van der Waals surface area contributed by atoms with Crippen LogP contribution in [0.3, 0.4) is 0 Å². The van der Waals surface area contributed by atoms with Crippen LogP contribution < -0.4 is 9.47 Å². The van der Waals surface area contributed by atoms with E-state index in [4.69, 9.17) is 14.6 Å². The third kappa shape index (κ3) is 6.11. The Bertz CT molecular complexity index is 1010. The fraction of sp³-hybridized carbons (Fsp3) is 0.200. The maximum Gasteiger partial charge on any atom is 0.303 e. The summed E-state index contributed by atoms with van der Waals surface area (Å²) in [7, 11) is 0. The first-order chi connectivity index (χ1) is 14.7. The lowest BCUT2D eigenvalue weighted by Gasteiger charge is -2.10. The molecule has 0 spiro atoms. The molecule has 3 aromatic rings. The highest BCUT2D eigenvalue weighted by atomic mass is 16.5. The largest absolute Gasteiger partial charge is 0.493 e. The van der Waals surface area contributed by atoms with Crippen molar-refractivity contribution in [3.63, 3.8) is 0 Å². The zero-order valence-electron chi connectivity index (χ0n) is 16.6. The number of nitrogens with zero attached hydrogens (tertiary/aromatic N) is 1. The van der Waals surface area contributed by atoms with E-state index in [1.54, 1.807) is 18.2 Å². The number of carboxylic acids is 1. The van der Waals surface area contributed by atoms with Crippen molar-refractivity contribution in [2.45, 2.75) is 19.3 Å². The SMILES string of the molecule is N#Cc1cc(OCCCOc2ccc(-c3ccccc3)cc2)ccc1CCC(=O)O. The molecule has 0 amide bonds. The molecule has 0 atom stereocenters. The average Bonchev–Trinajstić information content (AvgIpc) is 2.78. The first-order valence-electron chi connectivity index (χ1n) is 9.81. The highest BCUT2D eigenvalue weighted by Crippen LogP contribution is 2.22. The Morgan fingerprint density at radius 2 is 1.50 bits per heavy atom. The van der Waals surface area contributed by atoms with Gasteiger partial charge in [-0.15, -0.1) is 0 Å². The maximum atomic E-state index is 10.7. The molecule has 0 aromatic heterocycles. The number of carboxylic acid groups (broad SMARTS) is 1. The monoisotopic (exact) mass is 401 g/mol. The van der Waals surface area contributed by atoms with Gasteiger partial charge in [0.05, 0.1) is 24.8 Å². The standard InChI is InChI=1S/C25H23NO4/c26-18-22-17-24(13-9-21(22)10-14-25(27)28)30-16-4-15-29-23-11-7-20(8-12-23)19-5-2-1-3-6-19/h1-3,5-9,11-13,17H,4,10,14-16H2,(H,27,28). The van der Waals surface area contributed by atoms with Gasteiger partial charge in [0.25, 0.3) is 0 Å². The number of benzene rings is 3. The van der Waals surface area contributed by atoms with E-state index in [2.05, 4.69) is 18.2 Å². The summed E-state index contributed by atoms with van der Waals surface area (Å²) in [6, 6.07) is 25.4. The number of aryl methyl sites for hydroxylation is 1. The van der Waals surface area contributed by atoms with Gasteiger partial charge in [-0.1, -0.05) is 48.5 Å². The van der Waals surface area contributed by atoms with Gasteiger partial charge in [0.1, 0.15) is 11.5 Å². The third-order valence-corrected chi connectivity index (χ3v) is 4.60. The molecule has 0 fully saturated rings. The molecule has 0 aliphatic rings. The second-order valence-corrected chi connectivity index (χ2v) is 6.77. The fourth-order valence-corrected chi connectivity index (χ4v) is 3.02. The number of aliphatic carboxylic acids is 1. The lowest BCUT2D eigenvalue weighted by molar-refractivity contribution is -0.136. The molecule has 0 heterocycles. The van der Waals surface area contributed by atoms with Gasteiger partial charge in [0.2, 0.25) is 0 Å². The molecule has 0 saturated heterocycles. The molecule has 0 aliphatic heterocycles. The zero-order chi connectivity index (χ0) is 21.2. The molecule has 0 aliphatic carbocycles. The van der Waals surface area contributed by atoms with Crippen LogP contribution in [0.4, 0.5) is 0 Å². The molecule has 152 valence electrons. The predicted molar refractivity (Wildman–Crippen MR) is 115 cm³/mol. The second kappa shape index (κ2) is 10.7. The van der Waals surface area contributed by atoms with E-state index in [0.29, 0.717) is 37.4 Å². The quantitative estimate of drug-likeness (QED) is 0.479. The number of rotatable bonds is 10. The van der Waals surface area contributed by atoms with Gasteiger partial charge in [-0.2, -0.15) is 5.26 Å². The van der Waals surface area contributed by atoms with Crippen molar-refractivity contribution in [2.75, 3.05) is 13.2 Å². The summed E-state index contributed by atoms with van der Waals surface area (Å²) in [5.41, 5.74) is 3.48. The summed E-state index contributed by atoms with van der Waals surface area (Å²) in [5, 5.41) is 18.1. The lowest BCUT2D eigenvalue weighted by atomic mass is 10.0. The first-order valence-corrected chi connectivity index (χ1v) is 9.81. The van der Waals surface area contributed by atoms with Crippen LogP contribution in [0.15, 0.2) is 72.8 Å². The molecule has 0 bridgehead atoms. The van der Waals surface area contributed by atoms with Gasteiger partial charge in [0.15, 0.2) is 0 Å². The van der Waals surface area contributed by atoms with Gasteiger partial charge in [-0.25, -0.2) is 0 Å². The van der Waals surface area contributed by atoms with Gasteiger partial charge in [-0.05, 0) is 47.4 Å². The van der Waals surface area contributed by atoms with E-state index in [0.717, 1.165) is 16.9 Å². The Morgan fingerprint density at radius 3 is 2.17 bits per heavy atom. The summed E-state index contributed by atoms with van der Waals surface area (Å²) in [6.45, 7) is 0.980. The van der Waals surface area contributed by atoms with Crippen LogP contribution in [0.5, 0.6) is 11.5 Å². The van der Waals surface area contributed by atoms with Crippen LogP contribution in [0.2, 0.25) is 0 Å². The summed E-state index contributed by atoms with van der Waals surface area (Å²) in [4.78, 5) is 10.7. The fourth-order valence-electron chi connectivity index (χ4n) is 3.02. The molecule has 30 heavy (non-hydrogen) atoms. The van der Waals surface area contributed by atoms with Crippen LogP contribution in [0.1, 0.15) is 24.0 Å². The number of carbonyl (C=O) groups is 1. The number of hydrogen-bond donors (Lipinski definition) is 1. The van der Waals surface area contributed by atoms with Crippen LogP contribution in [-0.2, 0) is 11.2 Å². The normalized spacial score (nSPS) is 10.2. The Hall–Kier alpha value is -3.78. The van der Waals surface area contributed by atoms with Crippen molar-refractivity contribution >= 4 is 5.97 Å². The Labute approximate surface area is 176 Å². The van der Waals surface area contributed by atoms with Crippen LogP contribution in [-0.4, -0.2) is 24.3 Å². The van der Waals surface area contributed by atoms with E-state index < -0.39 is 5.97 Å². The molecule has 5 nitrogen and oxygen atoms in total. The average molecular weight is 401 g/mol. The van der Waals surface area contributed by atoms with E-state index >= 15 is 0 Å². The summed E-state index contributed by atoms with van der Waals surface area (Å²) < 4.78 is 11.5. The topological polar surface area (TPSA) is 79.5 Å². The Kier molecular flexibility index (Phi) is 7.45. The predicted octanol–water partition coefficient (Wildman–Crippen LogP) is 5.09. The van der Waals surface area contributed by atoms with Gasteiger partial charge in [-0.3, -0.25) is 4.79 Å². The minimum Gasteiger partial charge on any atom is -0.493 e. The number of ether oxygens (including phenoxy) is 2. The van der Waals surface area contributed by atoms with Gasteiger partial charge < -0.3 is 14.6 Å². The Morgan fingerprint density at radius 1 is 0.867 bits per heavy atom. The smallest absolute Gasteiger partial charge is 0.303 e. The molecule has 0 radical (unpaired) electrons. The minimum atomic E-state index is -0.881. The lowest BCUT2D eigenvalue weighted by Crippen LogP contribution is -2.05. The first kappa shape index (κ1) is 20.9. The van der Waals surface area contributed by atoms with Gasteiger partial charge in [0, 0.05) is 12.8 Å². The van der Waals surface area contributed by atoms with Crippen molar-refractivity contribution in [1.82, 2.24) is 0 Å². The van der Waals surface area contributed by atoms with Gasteiger partial charge >= 0.3 is 5.97 Å². The maximum absolute atomic E-state index is 10.7. The highest BCUT2D eigenvalue weighted by Gasteiger charge is 2.07. The minimum absolute atomic E-state index is 0.00144. The van der Waals surface area contributed by atoms with Crippen LogP contribution in [0, 0.1) is 11.3 Å². The Balaban J connectivity index is 1.43. The summed E-state index contributed by atoms with van der Waals surface area (Å²) in [5.74, 6) is 0.524. The van der Waals surface area contributed by atoms with Crippen molar-refractivity contribution in [2.24, 2.45) is 0 Å².